The number of aliphatic hydroxyl groups is 1. The second kappa shape index (κ2) is 6.52. The maximum Gasteiger partial charge on any atom is 0.176 e. The number of hydrogen-bond acceptors (Lipinski definition) is 7. The first-order valence-corrected chi connectivity index (χ1v) is 11.5. The number of hydrogen-bond donors (Lipinski definition) is 1. The van der Waals surface area contributed by atoms with E-state index in [2.05, 4.69) is 5.16 Å². The molecule has 0 saturated heterocycles. The average molecular weight is 417 g/mol. The fourth-order valence-electron chi connectivity index (χ4n) is 4.30. The zero-order valence-corrected chi connectivity index (χ0v) is 17.5. The third-order valence-corrected chi connectivity index (χ3v) is 7.18. The average Bonchev–Trinajstić information content (AvgIpc) is 3.30. The van der Waals surface area contributed by atoms with Crippen molar-refractivity contribution in [3.63, 3.8) is 0 Å². The largest absolute Gasteiger partial charge is 0.506 e. The Morgan fingerprint density at radius 2 is 1.76 bits per heavy atom. The smallest absolute Gasteiger partial charge is 0.176 e. The number of carbonyl (C=O) groups excluding carboxylic acids is 2. The molecule has 29 heavy (non-hydrogen) atoms. The lowest BCUT2D eigenvalue weighted by atomic mass is 9.77. The van der Waals surface area contributed by atoms with Gasteiger partial charge in [0, 0.05) is 35.1 Å². The van der Waals surface area contributed by atoms with Gasteiger partial charge in [0.15, 0.2) is 21.4 Å². The molecule has 1 N–H and O–H groups in total. The van der Waals surface area contributed by atoms with Crippen molar-refractivity contribution in [3.8, 4) is 0 Å². The Kier molecular flexibility index (Phi) is 4.45. The third-order valence-electron chi connectivity index (χ3n) is 6.04. The standard InChI is InChI=1S/C21H23NO6S/c1-9-7-10(2)20(24)17(19(9)23)21(25)12-5-6-15(29(4,26)27)16(11(12)3)18-13-8-14(13)28-22-18/h5-6,9-10,13-14,25H,7-8H2,1-4H3. The van der Waals surface area contributed by atoms with Crippen LogP contribution in [0.15, 0.2) is 27.8 Å². The summed E-state index contributed by atoms with van der Waals surface area (Å²) in [7, 11) is -3.57. The molecule has 2 saturated carbocycles. The van der Waals surface area contributed by atoms with Gasteiger partial charge in [0.2, 0.25) is 0 Å². The fourth-order valence-corrected chi connectivity index (χ4v) is 5.24. The molecule has 0 amide bonds. The van der Waals surface area contributed by atoms with Crippen LogP contribution in [0.2, 0.25) is 0 Å². The molecular formula is C21H23NO6S. The summed E-state index contributed by atoms with van der Waals surface area (Å²) in [5, 5.41) is 15.0. The van der Waals surface area contributed by atoms with E-state index in [1.54, 1.807) is 20.8 Å². The van der Waals surface area contributed by atoms with E-state index in [4.69, 9.17) is 4.84 Å². The summed E-state index contributed by atoms with van der Waals surface area (Å²) in [5.74, 6) is -1.88. The fraction of sp³-hybridized carbons (Fsp3) is 0.476. The molecule has 0 spiro atoms. The Balaban J connectivity index is 1.94. The monoisotopic (exact) mass is 417 g/mol. The Morgan fingerprint density at radius 3 is 2.24 bits per heavy atom. The van der Waals surface area contributed by atoms with E-state index in [9.17, 15) is 23.1 Å². The van der Waals surface area contributed by atoms with Crippen molar-refractivity contribution < 1.29 is 28.0 Å². The molecule has 4 unspecified atom stereocenters. The topological polar surface area (TPSA) is 110 Å². The van der Waals surface area contributed by atoms with Crippen molar-refractivity contribution >= 4 is 32.9 Å². The first kappa shape index (κ1) is 19.8. The van der Waals surface area contributed by atoms with E-state index in [1.807, 2.05) is 0 Å². The SMILES string of the molecule is Cc1c(C(O)=C2C(=O)C(C)CC(C)C2=O)ccc(S(C)(=O)=O)c1C1=NOC2CC12. The van der Waals surface area contributed by atoms with E-state index in [-0.39, 0.29) is 51.5 Å². The number of Topliss-reactive ketones (excluding diaryl/α,β-unsaturated/α-hetero) is 2. The summed E-state index contributed by atoms with van der Waals surface area (Å²) in [6.07, 6.45) is 2.30. The number of ketones is 2. The zero-order valence-electron chi connectivity index (χ0n) is 16.7. The van der Waals surface area contributed by atoms with Gasteiger partial charge in [-0.05, 0) is 37.5 Å². The van der Waals surface area contributed by atoms with E-state index >= 15 is 0 Å². The molecule has 2 aliphatic carbocycles. The summed E-state index contributed by atoms with van der Waals surface area (Å²) < 4.78 is 24.8. The van der Waals surface area contributed by atoms with Crippen LogP contribution in [0.4, 0.5) is 0 Å². The van der Waals surface area contributed by atoms with E-state index in [0.29, 0.717) is 23.3 Å². The van der Waals surface area contributed by atoms with Crippen molar-refractivity contribution in [2.75, 3.05) is 6.26 Å². The lowest BCUT2D eigenvalue weighted by molar-refractivity contribution is -0.129. The molecule has 4 rings (SSSR count). The van der Waals surface area contributed by atoms with Gasteiger partial charge < -0.3 is 9.94 Å². The lowest BCUT2D eigenvalue weighted by Crippen LogP contribution is -2.33. The summed E-state index contributed by atoms with van der Waals surface area (Å²) >= 11 is 0. The van der Waals surface area contributed by atoms with Crippen LogP contribution < -0.4 is 0 Å². The molecule has 3 aliphatic rings. The number of allylic oxidation sites excluding steroid dienone is 1. The number of sulfone groups is 1. The molecule has 1 aromatic rings. The van der Waals surface area contributed by atoms with Gasteiger partial charge in [0.25, 0.3) is 0 Å². The molecule has 0 radical (unpaired) electrons. The molecule has 0 bridgehead atoms. The predicted octanol–water partition coefficient (Wildman–Crippen LogP) is 2.60. The van der Waals surface area contributed by atoms with Crippen LogP contribution in [0.5, 0.6) is 0 Å². The molecule has 0 aromatic heterocycles. The van der Waals surface area contributed by atoms with Crippen LogP contribution >= 0.6 is 0 Å². The number of fused-ring (bicyclic) bond motifs is 1. The molecule has 154 valence electrons. The van der Waals surface area contributed by atoms with Crippen molar-refractivity contribution in [1.82, 2.24) is 0 Å². The molecule has 1 aromatic carbocycles. The Labute approximate surface area is 169 Å². The molecule has 4 atom stereocenters. The lowest BCUT2D eigenvalue weighted by Gasteiger charge is -2.25. The highest BCUT2D eigenvalue weighted by atomic mass is 32.2. The molecule has 1 heterocycles. The first-order valence-electron chi connectivity index (χ1n) is 9.62. The van der Waals surface area contributed by atoms with Crippen molar-refractivity contribution in [2.24, 2.45) is 22.9 Å². The summed E-state index contributed by atoms with van der Waals surface area (Å²) in [5.41, 5.74) is 1.44. The van der Waals surface area contributed by atoms with Crippen LogP contribution in [-0.4, -0.2) is 43.2 Å². The third kappa shape index (κ3) is 3.10. The Hall–Kier alpha value is -2.48. The highest BCUT2D eigenvalue weighted by molar-refractivity contribution is 7.90. The van der Waals surface area contributed by atoms with Gasteiger partial charge in [0.1, 0.15) is 17.4 Å². The minimum Gasteiger partial charge on any atom is -0.506 e. The summed E-state index contributed by atoms with van der Waals surface area (Å²) in [6, 6.07) is 2.84. The molecule has 1 aliphatic heterocycles. The number of rotatable bonds is 3. The number of aliphatic hydroxyl groups excluding tert-OH is 1. The van der Waals surface area contributed by atoms with Gasteiger partial charge in [-0.3, -0.25) is 9.59 Å². The normalized spacial score (nSPS) is 28.7. The minimum absolute atomic E-state index is 0.0252. The van der Waals surface area contributed by atoms with Crippen LogP contribution in [0.3, 0.4) is 0 Å². The van der Waals surface area contributed by atoms with Crippen molar-refractivity contribution in [1.29, 1.82) is 0 Å². The van der Waals surface area contributed by atoms with Crippen molar-refractivity contribution in [2.45, 2.75) is 44.6 Å². The Bertz CT molecular complexity index is 1090. The highest BCUT2D eigenvalue weighted by Crippen LogP contribution is 2.45. The van der Waals surface area contributed by atoms with Gasteiger partial charge in [0.05, 0.1) is 10.6 Å². The summed E-state index contributed by atoms with van der Waals surface area (Å²) in [6.45, 7) is 5.14. The predicted molar refractivity (Wildman–Crippen MR) is 106 cm³/mol. The van der Waals surface area contributed by atoms with E-state index in [0.717, 1.165) is 12.7 Å². The number of carbonyl (C=O) groups is 2. The summed E-state index contributed by atoms with van der Waals surface area (Å²) in [4.78, 5) is 30.7. The highest BCUT2D eigenvalue weighted by Gasteiger charge is 2.50. The maximum atomic E-state index is 12.7. The first-order chi connectivity index (χ1) is 13.5. The quantitative estimate of drug-likeness (QED) is 0.460. The Morgan fingerprint density at radius 1 is 1.14 bits per heavy atom. The van der Waals surface area contributed by atoms with Crippen LogP contribution in [-0.2, 0) is 24.3 Å². The van der Waals surface area contributed by atoms with Gasteiger partial charge >= 0.3 is 0 Å². The van der Waals surface area contributed by atoms with Crippen molar-refractivity contribution in [3.05, 3.63) is 34.4 Å². The van der Waals surface area contributed by atoms with Gasteiger partial charge in [-0.1, -0.05) is 19.0 Å². The van der Waals surface area contributed by atoms with Gasteiger partial charge in [-0.15, -0.1) is 0 Å². The second-order valence-corrected chi connectivity index (χ2v) is 10.3. The molecular weight excluding hydrogens is 394 g/mol. The van der Waals surface area contributed by atoms with Crippen LogP contribution in [0, 0.1) is 24.7 Å². The van der Waals surface area contributed by atoms with Crippen LogP contribution in [0.25, 0.3) is 5.76 Å². The molecule has 7 nitrogen and oxygen atoms in total. The molecule has 8 heteroatoms. The maximum absolute atomic E-state index is 12.7. The second-order valence-electron chi connectivity index (χ2n) is 8.34. The zero-order chi connectivity index (χ0) is 21.2. The van der Waals surface area contributed by atoms with E-state index in [1.165, 1.54) is 12.1 Å². The molecule has 2 fully saturated rings. The van der Waals surface area contributed by atoms with Crippen LogP contribution in [0.1, 0.15) is 43.4 Å². The number of oxime groups is 1. The van der Waals surface area contributed by atoms with E-state index < -0.39 is 15.6 Å². The van der Waals surface area contributed by atoms with Gasteiger partial charge in [-0.25, -0.2) is 8.42 Å². The minimum atomic E-state index is -3.57. The number of benzene rings is 1. The van der Waals surface area contributed by atoms with Gasteiger partial charge in [-0.2, -0.15) is 0 Å². The number of nitrogens with zero attached hydrogens (tertiary/aromatic N) is 1.